The molecule has 2 N–H and O–H groups in total. The average Bonchev–Trinajstić information content (AvgIpc) is 3.53. The van der Waals surface area contributed by atoms with Crippen LogP contribution in [-0.2, 0) is 35.3 Å². The van der Waals surface area contributed by atoms with E-state index in [4.69, 9.17) is 19.9 Å². The van der Waals surface area contributed by atoms with E-state index in [1.54, 1.807) is 52.1 Å². The van der Waals surface area contributed by atoms with Crippen LogP contribution in [0.2, 0.25) is 0 Å². The fourth-order valence-corrected chi connectivity index (χ4v) is 5.89. The van der Waals surface area contributed by atoms with Gasteiger partial charge in [-0.1, -0.05) is 64.1 Å². The highest BCUT2D eigenvalue weighted by atomic mass is 35.5. The Hall–Kier alpha value is -5.38. The molecule has 0 aliphatic rings. The quantitative estimate of drug-likeness (QED) is 0.109. The number of carbonyl (C=O) groups is 3. The number of amides is 1. The minimum Gasteiger partial charge on any atom is -0.495 e. The van der Waals surface area contributed by atoms with Crippen molar-refractivity contribution >= 4 is 57.4 Å². The summed E-state index contributed by atoms with van der Waals surface area (Å²) in [4.78, 5) is 44.4. The SMILES string of the molecule is COc1cc(S(C)(=O)=O)ccc1N(C(=O)OCOC(=O)[C@@H](N)C(C)(C)C)c1nc2ccc(-c3ccc(CC(=O)[C@H](C)c4ccc(F)cc4)cc3)cn2n1.Cl. The van der Waals surface area contributed by atoms with Crippen molar-refractivity contribution in [3.63, 3.8) is 0 Å². The maximum atomic E-state index is 13.6. The Kier molecular flexibility index (Phi) is 12.8. The molecule has 0 saturated carbocycles. The van der Waals surface area contributed by atoms with Crippen molar-refractivity contribution in [3.05, 3.63) is 102 Å². The van der Waals surface area contributed by atoms with E-state index in [0.29, 0.717) is 5.65 Å². The molecule has 0 aliphatic heterocycles. The number of esters is 1. The number of halogens is 2. The van der Waals surface area contributed by atoms with Gasteiger partial charge in [-0.25, -0.2) is 27.0 Å². The summed E-state index contributed by atoms with van der Waals surface area (Å²) in [6, 6.07) is 19.8. The molecule has 286 valence electrons. The molecule has 0 unspecified atom stereocenters. The van der Waals surface area contributed by atoms with E-state index >= 15 is 0 Å². The highest BCUT2D eigenvalue weighted by Gasteiger charge is 2.31. The second kappa shape index (κ2) is 16.7. The summed E-state index contributed by atoms with van der Waals surface area (Å²) < 4.78 is 55.2. The number of carbonyl (C=O) groups excluding carboxylic acids is 3. The molecular formula is C38H41ClFN5O8S. The second-order valence-corrected chi connectivity index (χ2v) is 15.5. The van der Waals surface area contributed by atoms with Crippen LogP contribution in [0.25, 0.3) is 16.8 Å². The van der Waals surface area contributed by atoms with Crippen molar-refractivity contribution in [1.29, 1.82) is 0 Å². The highest BCUT2D eigenvalue weighted by molar-refractivity contribution is 7.90. The van der Waals surface area contributed by atoms with Crippen molar-refractivity contribution in [1.82, 2.24) is 14.6 Å². The fourth-order valence-electron chi connectivity index (χ4n) is 5.25. The standard InChI is InChI=1S/C38H40FN5O8S.ClH/c1-23(25-11-14-28(39)15-12-25)31(45)19-24-7-9-26(10-8-24)27-13-18-33-41-36(42-43(33)21-27)44(30-17-16-29(53(6,48)49)20-32(30)50-5)37(47)52-22-51-35(46)34(40)38(2,3)4;/h7-18,20-21,23,34H,19,22,40H2,1-6H3;1H/t23-,34-;/m1./s1. The molecule has 0 bridgehead atoms. The maximum absolute atomic E-state index is 13.6. The number of fused-ring (bicyclic) bond motifs is 1. The predicted molar refractivity (Wildman–Crippen MR) is 202 cm³/mol. The van der Waals surface area contributed by atoms with E-state index in [-0.39, 0.29) is 52.7 Å². The first-order chi connectivity index (χ1) is 25.0. The van der Waals surface area contributed by atoms with Gasteiger partial charge in [-0.05, 0) is 58.5 Å². The lowest BCUT2D eigenvalue weighted by atomic mass is 9.87. The van der Waals surface area contributed by atoms with Gasteiger partial charge in [0.2, 0.25) is 6.79 Å². The first-order valence-corrected chi connectivity index (χ1v) is 18.4. The van der Waals surface area contributed by atoms with Crippen LogP contribution in [0.3, 0.4) is 0 Å². The Morgan fingerprint density at radius 1 is 0.944 bits per heavy atom. The minimum absolute atomic E-state index is 0. The van der Waals surface area contributed by atoms with Crippen molar-refractivity contribution in [3.8, 4) is 16.9 Å². The fraction of sp³-hybridized carbons (Fsp3) is 0.289. The molecule has 2 heterocycles. The van der Waals surface area contributed by atoms with Gasteiger partial charge < -0.3 is 19.9 Å². The molecule has 0 spiro atoms. The number of benzene rings is 3. The maximum Gasteiger partial charge on any atom is 0.424 e. The molecule has 0 fully saturated rings. The highest BCUT2D eigenvalue weighted by Crippen LogP contribution is 2.35. The number of rotatable bonds is 12. The van der Waals surface area contributed by atoms with E-state index in [9.17, 15) is 27.2 Å². The van der Waals surface area contributed by atoms with Gasteiger partial charge in [0.25, 0.3) is 5.95 Å². The zero-order chi connectivity index (χ0) is 38.7. The summed E-state index contributed by atoms with van der Waals surface area (Å²) in [6.07, 6.45) is 1.89. The zero-order valence-electron chi connectivity index (χ0n) is 30.5. The van der Waals surface area contributed by atoms with E-state index in [0.717, 1.165) is 33.4 Å². The number of methoxy groups -OCH3 is 1. The predicted octanol–water partition coefficient (Wildman–Crippen LogP) is 6.43. The van der Waals surface area contributed by atoms with E-state index in [1.165, 1.54) is 42.0 Å². The zero-order valence-corrected chi connectivity index (χ0v) is 32.1. The van der Waals surface area contributed by atoms with Crippen LogP contribution in [0.4, 0.5) is 20.8 Å². The molecule has 3 aromatic carbocycles. The van der Waals surface area contributed by atoms with Crippen LogP contribution in [0.15, 0.2) is 90.0 Å². The number of ether oxygens (including phenoxy) is 3. The number of Topliss-reactive ketones (excluding diaryl/α,β-unsaturated/α-hetero) is 1. The number of nitrogens with two attached hydrogens (primary N) is 1. The first-order valence-electron chi connectivity index (χ1n) is 16.5. The molecule has 16 heteroatoms. The number of aromatic nitrogens is 3. The number of pyridine rings is 1. The third-order valence-electron chi connectivity index (χ3n) is 8.61. The van der Waals surface area contributed by atoms with Crippen LogP contribution in [0, 0.1) is 11.2 Å². The number of nitrogens with zero attached hydrogens (tertiary/aromatic N) is 4. The summed E-state index contributed by atoms with van der Waals surface area (Å²) in [7, 11) is -2.33. The van der Waals surface area contributed by atoms with E-state index in [2.05, 4.69) is 10.1 Å². The Balaban J connectivity index is 0.00000650. The Labute approximate surface area is 318 Å². The monoisotopic (exact) mass is 781 g/mol. The van der Waals surface area contributed by atoms with Crippen molar-refractivity contribution in [2.45, 2.75) is 51.0 Å². The number of hydrogen-bond acceptors (Lipinski definition) is 11. The molecule has 5 aromatic rings. The van der Waals surface area contributed by atoms with Crippen LogP contribution in [0.5, 0.6) is 5.75 Å². The number of hydrogen-bond donors (Lipinski definition) is 1. The molecule has 0 radical (unpaired) electrons. The van der Waals surface area contributed by atoms with Gasteiger partial charge in [-0.3, -0.25) is 9.59 Å². The third kappa shape index (κ3) is 9.58. The van der Waals surface area contributed by atoms with Crippen molar-refractivity contribution in [2.75, 3.05) is 25.1 Å². The van der Waals surface area contributed by atoms with Crippen molar-refractivity contribution < 1.29 is 41.4 Å². The molecule has 5 rings (SSSR count). The summed E-state index contributed by atoms with van der Waals surface area (Å²) in [5.74, 6) is -1.68. The van der Waals surface area contributed by atoms with Gasteiger partial charge in [0.15, 0.2) is 15.5 Å². The Morgan fingerprint density at radius 3 is 2.20 bits per heavy atom. The summed E-state index contributed by atoms with van der Waals surface area (Å²) in [5.41, 5.74) is 8.89. The number of ketones is 1. The van der Waals surface area contributed by atoms with Crippen LogP contribution in [0.1, 0.15) is 44.7 Å². The smallest absolute Gasteiger partial charge is 0.424 e. The van der Waals surface area contributed by atoms with Gasteiger partial charge in [0.05, 0.1) is 17.7 Å². The second-order valence-electron chi connectivity index (χ2n) is 13.5. The first kappa shape index (κ1) is 41.4. The molecule has 54 heavy (non-hydrogen) atoms. The Morgan fingerprint density at radius 2 is 1.59 bits per heavy atom. The van der Waals surface area contributed by atoms with E-state index < -0.39 is 46.1 Å². The van der Waals surface area contributed by atoms with Gasteiger partial charge in [-0.15, -0.1) is 17.5 Å². The molecule has 0 saturated heterocycles. The largest absolute Gasteiger partial charge is 0.495 e. The molecule has 13 nitrogen and oxygen atoms in total. The minimum atomic E-state index is -3.63. The van der Waals surface area contributed by atoms with Crippen LogP contribution >= 0.6 is 12.4 Å². The third-order valence-corrected chi connectivity index (χ3v) is 9.72. The van der Waals surface area contributed by atoms with E-state index in [1.807, 2.05) is 30.3 Å². The summed E-state index contributed by atoms with van der Waals surface area (Å²) in [5, 5.41) is 4.52. The Bertz CT molecular complexity index is 2260. The van der Waals surface area contributed by atoms with Gasteiger partial charge in [0.1, 0.15) is 23.4 Å². The van der Waals surface area contributed by atoms with Gasteiger partial charge in [0, 0.05) is 36.4 Å². The summed E-state index contributed by atoms with van der Waals surface area (Å²) in [6.45, 7) is 6.31. The average molecular weight is 782 g/mol. The lowest BCUT2D eigenvalue weighted by molar-refractivity contribution is -0.155. The van der Waals surface area contributed by atoms with Gasteiger partial charge >= 0.3 is 12.1 Å². The molecule has 1 amide bonds. The van der Waals surface area contributed by atoms with Crippen LogP contribution in [-0.4, -0.2) is 67.1 Å². The topological polar surface area (TPSA) is 172 Å². The molecule has 2 aromatic heterocycles. The van der Waals surface area contributed by atoms with Crippen LogP contribution < -0.4 is 15.4 Å². The van der Waals surface area contributed by atoms with Gasteiger partial charge in [-0.2, -0.15) is 4.98 Å². The normalized spacial score (nSPS) is 12.7. The lowest BCUT2D eigenvalue weighted by Gasteiger charge is -2.25. The number of anilines is 2. The molecular weight excluding hydrogens is 741 g/mol. The summed E-state index contributed by atoms with van der Waals surface area (Å²) >= 11 is 0. The lowest BCUT2D eigenvalue weighted by Crippen LogP contribution is -2.43. The molecule has 0 aliphatic carbocycles. The number of sulfone groups is 1. The van der Waals surface area contributed by atoms with Crippen molar-refractivity contribution in [2.24, 2.45) is 11.1 Å². The molecule has 2 atom stereocenters.